The Morgan fingerprint density at radius 2 is 1.54 bits per heavy atom. The summed E-state index contributed by atoms with van der Waals surface area (Å²) in [6.07, 6.45) is -3.72. The molecular weight excluding hydrogens is 528 g/mol. The molecule has 196 valence electrons. The molecule has 39 heavy (non-hydrogen) atoms. The van der Waals surface area contributed by atoms with Crippen molar-refractivity contribution in [2.75, 3.05) is 11.9 Å². The number of hydrazine groups is 1. The molecule has 2 N–H and O–H groups in total. The molecule has 0 fully saturated rings. The first-order chi connectivity index (χ1) is 18.8. The molecule has 4 aromatic carbocycles. The number of carbonyl (C=O) groups excluding carboxylic acids is 1. The molecule has 0 aliphatic carbocycles. The average Bonchev–Trinajstić information content (AvgIpc) is 3.51. The molecule has 2 heterocycles. The van der Waals surface area contributed by atoms with Crippen molar-refractivity contribution in [3.63, 3.8) is 0 Å². The first-order valence-electron chi connectivity index (χ1n) is 11.9. The molecular formula is C29H20ClF2N3O4. The molecule has 10 heteroatoms. The molecule has 6 rings (SSSR count). The molecule has 0 aromatic heterocycles. The van der Waals surface area contributed by atoms with Gasteiger partial charge in [0.2, 0.25) is 0 Å². The number of anilines is 1. The Morgan fingerprint density at radius 1 is 0.872 bits per heavy atom. The molecule has 0 radical (unpaired) electrons. The SMILES string of the molecule is O=C(Nc1ccc(Oc2ccc(Cl)cc2)cc1)N1CC(c2ccc3c(c2)OC(F)(F)O3)=C(c2ccccc2)N1. The monoisotopic (exact) mass is 547 g/mol. The van der Waals surface area contributed by atoms with E-state index < -0.39 is 12.3 Å². The molecule has 0 saturated carbocycles. The topological polar surface area (TPSA) is 72.1 Å². The molecule has 2 aliphatic heterocycles. The van der Waals surface area contributed by atoms with Crippen LogP contribution in [0.4, 0.5) is 19.3 Å². The van der Waals surface area contributed by atoms with Gasteiger partial charge in [0.1, 0.15) is 11.5 Å². The highest BCUT2D eigenvalue weighted by molar-refractivity contribution is 6.30. The van der Waals surface area contributed by atoms with E-state index in [4.69, 9.17) is 16.3 Å². The normalized spacial score (nSPS) is 15.2. The quantitative estimate of drug-likeness (QED) is 0.273. The fourth-order valence-electron chi connectivity index (χ4n) is 4.25. The Labute approximate surface area is 227 Å². The number of carbonyl (C=O) groups is 1. The lowest BCUT2D eigenvalue weighted by Gasteiger charge is -2.19. The Kier molecular flexibility index (Phi) is 6.20. The van der Waals surface area contributed by atoms with Crippen molar-refractivity contribution in [1.29, 1.82) is 0 Å². The fraction of sp³-hybridized carbons (Fsp3) is 0.0690. The standard InChI is InChI=1S/C29H20ClF2N3O4/c30-20-7-11-22(12-8-20)37-23-13-9-21(10-14-23)33-28(36)35-17-24(27(34-35)18-4-2-1-3-5-18)19-6-15-25-26(16-19)39-29(31,32)38-25/h1-16,34H,17H2,(H,33,36). The highest BCUT2D eigenvalue weighted by atomic mass is 35.5. The summed E-state index contributed by atoms with van der Waals surface area (Å²) in [6.45, 7) is 0.170. The molecule has 2 amide bonds. The lowest BCUT2D eigenvalue weighted by Crippen LogP contribution is -2.40. The zero-order chi connectivity index (χ0) is 27.0. The highest BCUT2D eigenvalue weighted by Gasteiger charge is 2.43. The number of alkyl halides is 2. The molecule has 4 aromatic rings. The van der Waals surface area contributed by atoms with Gasteiger partial charge in [-0.1, -0.05) is 48.0 Å². The second kappa shape index (κ2) is 9.85. The second-order valence-electron chi connectivity index (χ2n) is 8.76. The first-order valence-corrected chi connectivity index (χ1v) is 12.3. The molecule has 0 saturated heterocycles. The van der Waals surface area contributed by atoms with Crippen LogP contribution in [0.5, 0.6) is 23.0 Å². The highest BCUT2D eigenvalue weighted by Crippen LogP contribution is 2.43. The number of nitrogens with one attached hydrogen (secondary N) is 2. The number of hydrogen-bond acceptors (Lipinski definition) is 5. The van der Waals surface area contributed by atoms with Gasteiger partial charge in [-0.3, -0.25) is 5.43 Å². The molecule has 0 unspecified atom stereocenters. The molecule has 7 nitrogen and oxygen atoms in total. The van der Waals surface area contributed by atoms with Crippen molar-refractivity contribution in [2.24, 2.45) is 0 Å². The Bertz CT molecular complexity index is 1560. The number of rotatable bonds is 5. The lowest BCUT2D eigenvalue weighted by atomic mass is 10.0. The zero-order valence-electron chi connectivity index (χ0n) is 20.2. The van der Waals surface area contributed by atoms with Gasteiger partial charge >= 0.3 is 12.3 Å². The maximum Gasteiger partial charge on any atom is 0.586 e. The van der Waals surface area contributed by atoms with Gasteiger partial charge in [0, 0.05) is 16.3 Å². The predicted molar refractivity (Wildman–Crippen MR) is 143 cm³/mol. The van der Waals surface area contributed by atoms with Gasteiger partial charge in [0.15, 0.2) is 11.5 Å². The maximum atomic E-state index is 13.6. The smallest absolute Gasteiger partial charge is 0.457 e. The number of urea groups is 1. The van der Waals surface area contributed by atoms with Crippen molar-refractivity contribution >= 4 is 34.6 Å². The van der Waals surface area contributed by atoms with Crippen LogP contribution in [0.2, 0.25) is 5.02 Å². The van der Waals surface area contributed by atoms with E-state index in [0.29, 0.717) is 33.5 Å². The summed E-state index contributed by atoms with van der Waals surface area (Å²) < 4.78 is 42.1. The molecule has 2 aliphatic rings. The third-order valence-electron chi connectivity index (χ3n) is 6.08. The van der Waals surface area contributed by atoms with Gasteiger partial charge in [-0.2, -0.15) is 0 Å². The van der Waals surface area contributed by atoms with Gasteiger partial charge in [-0.25, -0.2) is 9.80 Å². The number of benzene rings is 4. The molecule has 0 bridgehead atoms. The lowest BCUT2D eigenvalue weighted by molar-refractivity contribution is -0.286. The summed E-state index contributed by atoms with van der Waals surface area (Å²) in [6, 6.07) is 27.5. The minimum Gasteiger partial charge on any atom is -0.457 e. The largest absolute Gasteiger partial charge is 0.586 e. The third-order valence-corrected chi connectivity index (χ3v) is 6.33. The van der Waals surface area contributed by atoms with Crippen molar-refractivity contribution in [1.82, 2.24) is 10.4 Å². The van der Waals surface area contributed by atoms with Gasteiger partial charge < -0.3 is 19.5 Å². The van der Waals surface area contributed by atoms with Gasteiger partial charge in [0.05, 0.1) is 12.2 Å². The number of ether oxygens (including phenoxy) is 3. The number of halogens is 3. The van der Waals surface area contributed by atoms with E-state index in [0.717, 1.165) is 11.1 Å². The van der Waals surface area contributed by atoms with Gasteiger partial charge in [-0.15, -0.1) is 8.78 Å². The van der Waals surface area contributed by atoms with Crippen LogP contribution in [0.25, 0.3) is 11.3 Å². The molecule has 0 atom stereocenters. The van der Waals surface area contributed by atoms with Crippen molar-refractivity contribution in [2.45, 2.75) is 6.29 Å². The van der Waals surface area contributed by atoms with Crippen LogP contribution in [0, 0.1) is 0 Å². The summed E-state index contributed by atoms with van der Waals surface area (Å²) in [5.41, 5.74) is 6.55. The van der Waals surface area contributed by atoms with Gasteiger partial charge in [-0.05, 0) is 71.8 Å². The van der Waals surface area contributed by atoms with Crippen LogP contribution >= 0.6 is 11.6 Å². The van der Waals surface area contributed by atoms with Crippen LogP contribution in [0.1, 0.15) is 11.1 Å². The van der Waals surface area contributed by atoms with Crippen LogP contribution in [0.3, 0.4) is 0 Å². The van der Waals surface area contributed by atoms with Crippen molar-refractivity contribution < 1.29 is 27.8 Å². The number of nitrogens with zero attached hydrogens (tertiary/aromatic N) is 1. The van der Waals surface area contributed by atoms with E-state index in [-0.39, 0.29) is 18.0 Å². The van der Waals surface area contributed by atoms with E-state index in [1.54, 1.807) is 54.6 Å². The Hall–Kier alpha value is -4.76. The van der Waals surface area contributed by atoms with Crippen LogP contribution < -0.4 is 25.0 Å². The van der Waals surface area contributed by atoms with E-state index in [9.17, 15) is 13.6 Å². The summed E-state index contributed by atoms with van der Waals surface area (Å²) in [5, 5.41) is 4.89. The summed E-state index contributed by atoms with van der Waals surface area (Å²) in [5.74, 6) is 1.12. The summed E-state index contributed by atoms with van der Waals surface area (Å²) >= 11 is 5.91. The second-order valence-corrected chi connectivity index (χ2v) is 9.19. The summed E-state index contributed by atoms with van der Waals surface area (Å²) in [7, 11) is 0. The molecule has 0 spiro atoms. The van der Waals surface area contributed by atoms with E-state index in [1.165, 1.54) is 17.1 Å². The van der Waals surface area contributed by atoms with Crippen LogP contribution in [0.15, 0.2) is 97.1 Å². The van der Waals surface area contributed by atoms with E-state index in [2.05, 4.69) is 20.2 Å². The van der Waals surface area contributed by atoms with Crippen molar-refractivity contribution in [3.05, 3.63) is 113 Å². The minimum absolute atomic E-state index is 0.0466. The Balaban J connectivity index is 1.19. The average molecular weight is 548 g/mol. The van der Waals surface area contributed by atoms with E-state index in [1.807, 2.05) is 30.3 Å². The Morgan fingerprint density at radius 3 is 2.26 bits per heavy atom. The summed E-state index contributed by atoms with van der Waals surface area (Å²) in [4.78, 5) is 13.2. The number of fused-ring (bicyclic) bond motifs is 1. The van der Waals surface area contributed by atoms with Gasteiger partial charge in [0.25, 0.3) is 0 Å². The van der Waals surface area contributed by atoms with Crippen molar-refractivity contribution in [3.8, 4) is 23.0 Å². The number of hydrogen-bond donors (Lipinski definition) is 2. The zero-order valence-corrected chi connectivity index (χ0v) is 20.9. The van der Waals surface area contributed by atoms with Crippen LogP contribution in [-0.2, 0) is 0 Å². The van der Waals surface area contributed by atoms with E-state index >= 15 is 0 Å². The number of amides is 2. The first kappa shape index (κ1) is 24.6. The minimum atomic E-state index is -3.72. The third kappa shape index (κ3) is 5.30. The van der Waals surface area contributed by atoms with Crippen LogP contribution in [-0.4, -0.2) is 23.9 Å². The maximum absolute atomic E-state index is 13.6. The predicted octanol–water partition coefficient (Wildman–Crippen LogP) is 7.37. The fourth-order valence-corrected chi connectivity index (χ4v) is 4.38.